The minimum Gasteiger partial charge on any atom is -0.478 e. The summed E-state index contributed by atoms with van der Waals surface area (Å²) in [6.07, 6.45) is 1.45. The molecule has 0 fully saturated rings. The van der Waals surface area contributed by atoms with E-state index in [2.05, 4.69) is 30.8 Å². The average molecular weight is 375 g/mol. The van der Waals surface area contributed by atoms with E-state index in [9.17, 15) is 13.2 Å². The van der Waals surface area contributed by atoms with Gasteiger partial charge >= 0.3 is 5.97 Å². The van der Waals surface area contributed by atoms with Crippen LogP contribution in [0.4, 0.5) is 0 Å². The molecule has 0 aliphatic rings. The van der Waals surface area contributed by atoms with Gasteiger partial charge in [0.25, 0.3) is 0 Å². The van der Waals surface area contributed by atoms with Crippen molar-refractivity contribution in [3.63, 3.8) is 0 Å². The van der Waals surface area contributed by atoms with Crippen LogP contribution in [0.2, 0.25) is 0 Å². The van der Waals surface area contributed by atoms with E-state index in [0.29, 0.717) is 5.82 Å². The predicted octanol–water partition coefficient (Wildman–Crippen LogP) is 0.754. The average Bonchev–Trinajstić information content (AvgIpc) is 2.82. The van der Waals surface area contributed by atoms with Crippen LogP contribution in [-0.4, -0.2) is 34.3 Å². The normalized spacial score (nSPS) is 11.5. The SMILES string of the molecule is Cn1cnnc1CNS(=O)(=O)c1cc(C(=O)O)ccc1Br. The van der Waals surface area contributed by atoms with Gasteiger partial charge in [0.2, 0.25) is 10.0 Å². The van der Waals surface area contributed by atoms with E-state index in [4.69, 9.17) is 5.11 Å². The summed E-state index contributed by atoms with van der Waals surface area (Å²) >= 11 is 3.10. The summed E-state index contributed by atoms with van der Waals surface area (Å²) in [6.45, 7) is -0.0530. The molecule has 0 unspecified atom stereocenters. The molecule has 2 rings (SSSR count). The zero-order valence-corrected chi connectivity index (χ0v) is 13.2. The Morgan fingerprint density at radius 1 is 1.48 bits per heavy atom. The summed E-state index contributed by atoms with van der Waals surface area (Å²) in [5.41, 5.74) is -0.114. The summed E-state index contributed by atoms with van der Waals surface area (Å²) in [6, 6.07) is 3.78. The van der Waals surface area contributed by atoms with Gasteiger partial charge in [0.05, 0.1) is 17.0 Å². The zero-order valence-electron chi connectivity index (χ0n) is 10.8. The van der Waals surface area contributed by atoms with Crippen molar-refractivity contribution in [1.29, 1.82) is 0 Å². The van der Waals surface area contributed by atoms with Crippen LogP contribution in [-0.2, 0) is 23.6 Å². The molecule has 2 N–H and O–H groups in total. The van der Waals surface area contributed by atoms with Crippen LogP contribution in [0.5, 0.6) is 0 Å². The van der Waals surface area contributed by atoms with Gasteiger partial charge in [-0.15, -0.1) is 10.2 Å². The molecule has 21 heavy (non-hydrogen) atoms. The Morgan fingerprint density at radius 3 is 2.76 bits per heavy atom. The van der Waals surface area contributed by atoms with Gasteiger partial charge < -0.3 is 9.67 Å². The highest BCUT2D eigenvalue weighted by atomic mass is 79.9. The number of carboxylic acid groups (broad SMARTS) is 1. The van der Waals surface area contributed by atoms with Gasteiger partial charge in [-0.2, -0.15) is 0 Å². The van der Waals surface area contributed by atoms with Crippen LogP contribution in [0.15, 0.2) is 33.9 Å². The fourth-order valence-electron chi connectivity index (χ4n) is 1.55. The topological polar surface area (TPSA) is 114 Å². The van der Waals surface area contributed by atoms with E-state index in [1.807, 2.05) is 0 Å². The molecule has 10 heteroatoms. The van der Waals surface area contributed by atoms with Crippen LogP contribution in [0.3, 0.4) is 0 Å². The number of hydrogen-bond donors (Lipinski definition) is 2. The Morgan fingerprint density at radius 2 is 2.19 bits per heavy atom. The smallest absolute Gasteiger partial charge is 0.335 e. The number of aromatic carboxylic acids is 1. The van der Waals surface area contributed by atoms with Crippen molar-refractivity contribution in [2.24, 2.45) is 7.05 Å². The molecule has 8 nitrogen and oxygen atoms in total. The van der Waals surface area contributed by atoms with Crippen molar-refractivity contribution in [3.05, 3.63) is 40.4 Å². The number of aryl methyl sites for hydroxylation is 1. The van der Waals surface area contributed by atoms with E-state index in [-0.39, 0.29) is 21.5 Å². The number of nitrogens with one attached hydrogen (secondary N) is 1. The maximum Gasteiger partial charge on any atom is 0.335 e. The van der Waals surface area contributed by atoms with Crippen molar-refractivity contribution in [1.82, 2.24) is 19.5 Å². The molecule has 112 valence electrons. The number of nitrogens with zero attached hydrogens (tertiary/aromatic N) is 3. The molecule has 0 aliphatic heterocycles. The Hall–Kier alpha value is -1.78. The lowest BCUT2D eigenvalue weighted by Crippen LogP contribution is -2.25. The van der Waals surface area contributed by atoms with Gasteiger partial charge in [0.15, 0.2) is 0 Å². The second kappa shape index (κ2) is 5.92. The number of halogens is 1. The Kier molecular flexibility index (Phi) is 4.40. The fourth-order valence-corrected chi connectivity index (χ4v) is 3.51. The molecular weight excluding hydrogens is 364 g/mol. The summed E-state index contributed by atoms with van der Waals surface area (Å²) in [5.74, 6) is -0.767. The molecule has 0 saturated carbocycles. The summed E-state index contributed by atoms with van der Waals surface area (Å²) < 4.78 is 28.7. The lowest BCUT2D eigenvalue weighted by atomic mass is 10.2. The lowest BCUT2D eigenvalue weighted by Gasteiger charge is -2.09. The van der Waals surface area contributed by atoms with E-state index in [0.717, 1.165) is 6.07 Å². The van der Waals surface area contributed by atoms with Crippen molar-refractivity contribution < 1.29 is 18.3 Å². The van der Waals surface area contributed by atoms with Crippen LogP contribution < -0.4 is 4.72 Å². The number of hydrogen-bond acceptors (Lipinski definition) is 5. The molecule has 2 aromatic rings. The number of rotatable bonds is 5. The summed E-state index contributed by atoms with van der Waals surface area (Å²) in [7, 11) is -2.20. The third-order valence-electron chi connectivity index (χ3n) is 2.69. The highest BCUT2D eigenvalue weighted by molar-refractivity contribution is 9.10. The maximum atomic E-state index is 12.2. The second-order valence-corrected chi connectivity index (χ2v) is 6.72. The maximum absolute atomic E-state index is 12.2. The number of aromatic nitrogens is 3. The molecule has 1 aromatic heterocycles. The number of sulfonamides is 1. The first-order chi connectivity index (χ1) is 9.81. The highest BCUT2D eigenvalue weighted by Gasteiger charge is 2.20. The zero-order chi connectivity index (χ0) is 15.6. The minimum atomic E-state index is -3.88. The van der Waals surface area contributed by atoms with E-state index in [1.165, 1.54) is 18.5 Å². The van der Waals surface area contributed by atoms with Crippen LogP contribution >= 0.6 is 15.9 Å². The Balaban J connectivity index is 2.29. The van der Waals surface area contributed by atoms with Crippen molar-refractivity contribution in [2.75, 3.05) is 0 Å². The first-order valence-corrected chi connectivity index (χ1v) is 7.94. The highest BCUT2D eigenvalue weighted by Crippen LogP contribution is 2.23. The van der Waals surface area contributed by atoms with Gasteiger partial charge in [-0.1, -0.05) is 0 Å². The molecule has 0 atom stereocenters. The molecule has 1 heterocycles. The monoisotopic (exact) mass is 374 g/mol. The minimum absolute atomic E-state index is 0.0530. The van der Waals surface area contributed by atoms with Crippen molar-refractivity contribution in [2.45, 2.75) is 11.4 Å². The Bertz CT molecular complexity index is 787. The van der Waals surface area contributed by atoms with Crippen LogP contribution in [0, 0.1) is 0 Å². The molecule has 0 radical (unpaired) electrons. The molecule has 0 saturated heterocycles. The van der Waals surface area contributed by atoms with Gasteiger partial charge in [-0.05, 0) is 34.1 Å². The molecular formula is C11H11BrN4O4S. The third-order valence-corrected chi connectivity index (χ3v) is 5.09. The van der Waals surface area contributed by atoms with Crippen LogP contribution in [0.1, 0.15) is 16.2 Å². The summed E-state index contributed by atoms with van der Waals surface area (Å²) in [5, 5.41) is 16.3. The van der Waals surface area contributed by atoms with Gasteiger partial charge in [-0.3, -0.25) is 0 Å². The molecule has 0 bridgehead atoms. The summed E-state index contributed by atoms with van der Waals surface area (Å²) in [4.78, 5) is 10.8. The standard InChI is InChI=1S/C11H11BrN4O4S/c1-16-6-13-15-10(16)5-14-21(19,20)9-4-7(11(17)18)2-3-8(9)12/h2-4,6,14H,5H2,1H3,(H,17,18). The van der Waals surface area contributed by atoms with Gasteiger partial charge in [0.1, 0.15) is 12.2 Å². The van der Waals surface area contributed by atoms with Gasteiger partial charge in [0, 0.05) is 11.5 Å². The second-order valence-electron chi connectivity index (χ2n) is 4.13. The molecule has 0 amide bonds. The fraction of sp³-hybridized carbons (Fsp3) is 0.182. The number of carbonyl (C=O) groups is 1. The predicted molar refractivity (Wildman–Crippen MR) is 76.1 cm³/mol. The molecule has 0 aliphatic carbocycles. The van der Waals surface area contributed by atoms with E-state index in [1.54, 1.807) is 11.6 Å². The third kappa shape index (κ3) is 3.46. The van der Waals surface area contributed by atoms with E-state index >= 15 is 0 Å². The quantitative estimate of drug-likeness (QED) is 0.797. The molecule has 0 spiro atoms. The van der Waals surface area contributed by atoms with E-state index < -0.39 is 16.0 Å². The number of carboxylic acids is 1. The molecule has 1 aromatic carbocycles. The Labute approximate surface area is 129 Å². The first kappa shape index (κ1) is 15.6. The lowest BCUT2D eigenvalue weighted by molar-refractivity contribution is 0.0696. The van der Waals surface area contributed by atoms with Crippen molar-refractivity contribution >= 4 is 31.9 Å². The van der Waals surface area contributed by atoms with Crippen molar-refractivity contribution in [3.8, 4) is 0 Å². The largest absolute Gasteiger partial charge is 0.478 e. The van der Waals surface area contributed by atoms with Crippen LogP contribution in [0.25, 0.3) is 0 Å². The number of benzene rings is 1. The first-order valence-electron chi connectivity index (χ1n) is 5.66. The van der Waals surface area contributed by atoms with Gasteiger partial charge in [-0.25, -0.2) is 17.9 Å².